The van der Waals surface area contributed by atoms with Crippen LogP contribution in [0.1, 0.15) is 10.4 Å². The molecule has 4 heterocycles. The Kier molecular flexibility index (Phi) is 5.46. The molecule has 2 aromatic carbocycles. The molecule has 6 rings (SSSR count). The van der Waals surface area contributed by atoms with Gasteiger partial charge in [-0.25, -0.2) is 4.39 Å². The number of benzene rings is 2. The van der Waals surface area contributed by atoms with Gasteiger partial charge in [-0.15, -0.1) is 0 Å². The molecule has 0 saturated carbocycles. The van der Waals surface area contributed by atoms with E-state index in [0.29, 0.717) is 39.7 Å². The van der Waals surface area contributed by atoms with E-state index >= 15 is 0 Å². The predicted octanol–water partition coefficient (Wildman–Crippen LogP) is 3.19. The molecule has 2 aliphatic rings. The van der Waals surface area contributed by atoms with Crippen LogP contribution in [-0.4, -0.2) is 83.6 Å². The maximum absolute atomic E-state index is 14.2. The molecule has 1 N–H and O–H groups in total. The van der Waals surface area contributed by atoms with Crippen LogP contribution in [-0.2, 0) is 4.74 Å². The van der Waals surface area contributed by atoms with E-state index in [1.807, 2.05) is 17.0 Å². The first-order chi connectivity index (χ1) is 17.1. The molecule has 35 heavy (non-hydrogen) atoms. The fourth-order valence-corrected chi connectivity index (χ4v) is 4.65. The number of carbonyl (C=O) groups excluding carboxylic acids is 1. The number of rotatable bonds is 5. The zero-order valence-corrected chi connectivity index (χ0v) is 19.2. The zero-order chi connectivity index (χ0) is 23.9. The second-order valence-corrected chi connectivity index (χ2v) is 8.77. The third-order valence-corrected chi connectivity index (χ3v) is 6.72. The van der Waals surface area contributed by atoms with Crippen molar-refractivity contribution in [2.45, 2.75) is 6.04 Å². The summed E-state index contributed by atoms with van der Waals surface area (Å²) < 4.78 is 30.2. The van der Waals surface area contributed by atoms with Crippen LogP contribution in [0.15, 0.2) is 47.0 Å². The van der Waals surface area contributed by atoms with E-state index in [0.717, 1.165) is 45.0 Å². The molecular weight excluding hydrogens is 453 g/mol. The number of morpholine rings is 1. The maximum Gasteiger partial charge on any atom is 0.253 e. The lowest BCUT2D eigenvalue weighted by Gasteiger charge is -2.46. The molecule has 0 radical (unpaired) electrons. The van der Waals surface area contributed by atoms with Gasteiger partial charge in [-0.3, -0.25) is 14.8 Å². The quantitative estimate of drug-likeness (QED) is 0.472. The molecule has 0 atom stereocenters. The second-order valence-electron chi connectivity index (χ2n) is 8.77. The predicted molar refractivity (Wildman–Crippen MR) is 126 cm³/mol. The minimum atomic E-state index is -0.485. The van der Waals surface area contributed by atoms with Gasteiger partial charge < -0.3 is 18.9 Å². The molecule has 1 amide bonds. The molecule has 180 valence electrons. The number of aromatic nitrogens is 3. The summed E-state index contributed by atoms with van der Waals surface area (Å²) in [5.74, 6) is 0.0876. The lowest BCUT2D eigenvalue weighted by Crippen LogP contribution is -2.62. The van der Waals surface area contributed by atoms with Crippen molar-refractivity contribution in [1.29, 1.82) is 0 Å². The Balaban J connectivity index is 1.15. The minimum absolute atomic E-state index is 0.0300. The number of methoxy groups -OCH3 is 1. The SMILES string of the molecule is COc1cc2[nH]nc(-c3cc(-c4ccc(C(=O)N5CC(N6CCOCC6)C5)cc4)no3)c2cc1F. The highest BCUT2D eigenvalue weighted by atomic mass is 19.1. The maximum atomic E-state index is 14.2. The van der Waals surface area contributed by atoms with E-state index in [2.05, 4.69) is 20.3 Å². The van der Waals surface area contributed by atoms with Crippen LogP contribution in [0.4, 0.5) is 4.39 Å². The van der Waals surface area contributed by atoms with Gasteiger partial charge in [-0.1, -0.05) is 17.3 Å². The van der Waals surface area contributed by atoms with Crippen LogP contribution in [0, 0.1) is 5.82 Å². The fourth-order valence-electron chi connectivity index (χ4n) is 4.65. The average molecular weight is 477 g/mol. The third-order valence-electron chi connectivity index (χ3n) is 6.72. The van der Waals surface area contributed by atoms with Crippen LogP contribution in [0.3, 0.4) is 0 Å². The summed E-state index contributed by atoms with van der Waals surface area (Å²) in [5, 5.41) is 11.8. The van der Waals surface area contributed by atoms with Gasteiger partial charge in [-0.05, 0) is 18.2 Å². The number of nitrogens with one attached hydrogen (secondary N) is 1. The highest BCUT2D eigenvalue weighted by molar-refractivity contribution is 5.95. The Bertz CT molecular complexity index is 1370. The van der Waals surface area contributed by atoms with E-state index < -0.39 is 5.82 Å². The molecule has 9 nitrogen and oxygen atoms in total. The molecule has 4 aromatic rings. The van der Waals surface area contributed by atoms with Crippen molar-refractivity contribution in [2.75, 3.05) is 46.5 Å². The van der Waals surface area contributed by atoms with Crippen LogP contribution < -0.4 is 4.74 Å². The molecule has 2 fully saturated rings. The van der Waals surface area contributed by atoms with E-state index in [1.54, 1.807) is 24.3 Å². The number of amides is 1. The first-order valence-corrected chi connectivity index (χ1v) is 11.5. The summed E-state index contributed by atoms with van der Waals surface area (Å²) in [4.78, 5) is 17.1. The van der Waals surface area contributed by atoms with Gasteiger partial charge in [0.15, 0.2) is 17.3 Å². The lowest BCUT2D eigenvalue weighted by molar-refractivity contribution is -0.0256. The normalized spacial score (nSPS) is 17.0. The van der Waals surface area contributed by atoms with E-state index in [4.69, 9.17) is 14.0 Å². The van der Waals surface area contributed by atoms with Crippen molar-refractivity contribution in [2.24, 2.45) is 0 Å². The number of nitrogens with zero attached hydrogens (tertiary/aromatic N) is 4. The molecule has 0 bridgehead atoms. The van der Waals surface area contributed by atoms with Crippen molar-refractivity contribution in [3.63, 3.8) is 0 Å². The third kappa shape index (κ3) is 3.94. The van der Waals surface area contributed by atoms with Gasteiger partial charge >= 0.3 is 0 Å². The van der Waals surface area contributed by atoms with E-state index in [1.165, 1.54) is 13.2 Å². The Morgan fingerprint density at radius 3 is 2.66 bits per heavy atom. The van der Waals surface area contributed by atoms with Crippen LogP contribution in [0.5, 0.6) is 5.75 Å². The van der Waals surface area contributed by atoms with Crippen LogP contribution in [0.25, 0.3) is 33.6 Å². The summed E-state index contributed by atoms with van der Waals surface area (Å²) in [6.07, 6.45) is 0. The van der Waals surface area contributed by atoms with E-state index in [9.17, 15) is 9.18 Å². The van der Waals surface area contributed by atoms with Crippen molar-refractivity contribution in [3.05, 3.63) is 53.8 Å². The number of likely N-dealkylation sites (tertiary alicyclic amines) is 1. The number of hydrogen-bond donors (Lipinski definition) is 1. The highest BCUT2D eigenvalue weighted by Crippen LogP contribution is 2.33. The molecule has 0 spiro atoms. The first kappa shape index (κ1) is 21.8. The standard InChI is InChI=1S/C25H24FN5O4/c1-33-22-12-21-18(10-19(22)26)24(28-27-21)23-11-20(29-35-23)15-2-4-16(5-3-15)25(32)31-13-17(14-31)30-6-8-34-9-7-30/h2-5,10-12,17H,6-9,13-14H2,1H3,(H,27,28). The van der Waals surface area contributed by atoms with Gasteiger partial charge in [-0.2, -0.15) is 5.10 Å². The van der Waals surface area contributed by atoms with Crippen molar-refractivity contribution < 1.29 is 23.2 Å². The summed E-state index contributed by atoms with van der Waals surface area (Å²) in [5.41, 5.74) is 3.13. The van der Waals surface area contributed by atoms with Crippen molar-refractivity contribution in [1.82, 2.24) is 25.2 Å². The van der Waals surface area contributed by atoms with E-state index in [-0.39, 0.29) is 11.7 Å². The number of hydrogen-bond acceptors (Lipinski definition) is 7. The zero-order valence-electron chi connectivity index (χ0n) is 19.2. The molecule has 2 saturated heterocycles. The molecular formula is C25H24FN5O4. The number of fused-ring (bicyclic) bond motifs is 1. The van der Waals surface area contributed by atoms with Crippen LogP contribution in [0.2, 0.25) is 0 Å². The summed E-state index contributed by atoms with van der Waals surface area (Å²) in [6, 6.07) is 12.4. The molecule has 2 aliphatic heterocycles. The second kappa shape index (κ2) is 8.79. The Morgan fingerprint density at radius 2 is 1.91 bits per heavy atom. The number of ether oxygens (including phenoxy) is 2. The van der Waals surface area contributed by atoms with Crippen LogP contribution >= 0.6 is 0 Å². The van der Waals surface area contributed by atoms with Gasteiger partial charge in [0.2, 0.25) is 0 Å². The van der Waals surface area contributed by atoms with Crippen molar-refractivity contribution in [3.8, 4) is 28.5 Å². The summed E-state index contributed by atoms with van der Waals surface area (Å²) in [7, 11) is 1.41. The number of carbonyl (C=O) groups is 1. The largest absolute Gasteiger partial charge is 0.494 e. The monoisotopic (exact) mass is 477 g/mol. The smallest absolute Gasteiger partial charge is 0.253 e. The van der Waals surface area contributed by atoms with Crippen molar-refractivity contribution >= 4 is 16.8 Å². The highest BCUT2D eigenvalue weighted by Gasteiger charge is 2.35. The topological polar surface area (TPSA) is 96.7 Å². The Hall–Kier alpha value is -3.76. The van der Waals surface area contributed by atoms with Gasteiger partial charge in [0.05, 0.1) is 25.8 Å². The molecule has 0 unspecified atom stereocenters. The Morgan fingerprint density at radius 1 is 1.14 bits per heavy atom. The molecule has 10 heteroatoms. The fraction of sp³-hybridized carbons (Fsp3) is 0.320. The van der Waals surface area contributed by atoms with Gasteiger partial charge in [0, 0.05) is 60.9 Å². The number of halogens is 1. The molecule has 0 aliphatic carbocycles. The minimum Gasteiger partial charge on any atom is -0.494 e. The first-order valence-electron chi connectivity index (χ1n) is 11.5. The lowest BCUT2D eigenvalue weighted by atomic mass is 10.0. The van der Waals surface area contributed by atoms with Gasteiger partial charge in [0.1, 0.15) is 11.4 Å². The number of aromatic amines is 1. The van der Waals surface area contributed by atoms with Gasteiger partial charge in [0.25, 0.3) is 5.91 Å². The summed E-state index contributed by atoms with van der Waals surface area (Å²) in [6.45, 7) is 4.88. The Labute approximate surface area is 200 Å². The number of H-pyrrole nitrogens is 1. The summed E-state index contributed by atoms with van der Waals surface area (Å²) >= 11 is 0. The average Bonchev–Trinajstić information content (AvgIpc) is 3.50. The molecule has 2 aromatic heterocycles.